The molecule has 0 amide bonds. The molecule has 31 heavy (non-hydrogen) atoms. The van der Waals surface area contributed by atoms with Gasteiger partial charge in [-0.1, -0.05) is 42.7 Å². The van der Waals surface area contributed by atoms with Gasteiger partial charge in [-0.05, 0) is 44.9 Å². The van der Waals surface area contributed by atoms with E-state index < -0.39 is 12.1 Å². The van der Waals surface area contributed by atoms with E-state index in [0.717, 1.165) is 43.5 Å². The Kier molecular flexibility index (Phi) is 5.98. The van der Waals surface area contributed by atoms with Crippen molar-refractivity contribution in [3.05, 3.63) is 75.3 Å². The zero-order valence-electron chi connectivity index (χ0n) is 17.9. The summed E-state index contributed by atoms with van der Waals surface area (Å²) < 4.78 is 7.18. The molecule has 0 aliphatic carbocycles. The van der Waals surface area contributed by atoms with Gasteiger partial charge in [0.1, 0.15) is 5.82 Å². The molecule has 0 fully saturated rings. The van der Waals surface area contributed by atoms with Crippen LogP contribution in [0.4, 0.5) is 0 Å². The van der Waals surface area contributed by atoms with Crippen LogP contribution in [-0.2, 0) is 17.7 Å². The molecule has 1 aliphatic rings. The summed E-state index contributed by atoms with van der Waals surface area (Å²) in [4.78, 5) is 42.9. The predicted octanol–water partition coefficient (Wildman–Crippen LogP) is 4.25. The lowest BCUT2D eigenvalue weighted by atomic mass is 10.1. The number of ketones is 1. The highest BCUT2D eigenvalue weighted by molar-refractivity contribution is 6.02. The monoisotopic (exact) mass is 418 g/mol. The van der Waals surface area contributed by atoms with Crippen molar-refractivity contribution in [2.45, 2.75) is 58.6 Å². The van der Waals surface area contributed by atoms with E-state index in [9.17, 15) is 14.4 Å². The van der Waals surface area contributed by atoms with Gasteiger partial charge in [-0.2, -0.15) is 0 Å². The SMILES string of the molecule is Cc1ccc(C(=O)[C@H](C)OC(=O)c2ccc3c(=O)n4c(nc3c2)CCCCCC4)cc1. The number of benzene rings is 2. The quantitative estimate of drug-likeness (QED) is 0.468. The molecule has 0 unspecified atom stereocenters. The average Bonchev–Trinajstić information content (AvgIpc) is 2.74. The van der Waals surface area contributed by atoms with Crippen molar-refractivity contribution in [1.82, 2.24) is 9.55 Å². The summed E-state index contributed by atoms with van der Waals surface area (Å²) in [5.41, 5.74) is 2.25. The van der Waals surface area contributed by atoms with Crippen LogP contribution in [0.5, 0.6) is 0 Å². The van der Waals surface area contributed by atoms with Crippen molar-refractivity contribution >= 4 is 22.7 Å². The smallest absolute Gasteiger partial charge is 0.338 e. The molecule has 1 aliphatic heterocycles. The molecule has 1 atom stereocenters. The van der Waals surface area contributed by atoms with Gasteiger partial charge in [0.15, 0.2) is 6.10 Å². The molecule has 2 aromatic carbocycles. The van der Waals surface area contributed by atoms with Gasteiger partial charge in [-0.15, -0.1) is 0 Å². The van der Waals surface area contributed by atoms with Gasteiger partial charge in [-0.25, -0.2) is 9.78 Å². The lowest BCUT2D eigenvalue weighted by Crippen LogP contribution is -2.27. The second kappa shape index (κ2) is 8.84. The van der Waals surface area contributed by atoms with Gasteiger partial charge < -0.3 is 4.74 Å². The molecule has 1 aromatic heterocycles. The molecule has 0 saturated heterocycles. The van der Waals surface area contributed by atoms with Crippen molar-refractivity contribution in [3.8, 4) is 0 Å². The Morgan fingerprint density at radius 2 is 1.71 bits per heavy atom. The molecule has 0 N–H and O–H groups in total. The normalized spacial score (nSPS) is 14.9. The summed E-state index contributed by atoms with van der Waals surface area (Å²) in [7, 11) is 0. The third-order valence-corrected chi connectivity index (χ3v) is 5.79. The van der Waals surface area contributed by atoms with E-state index in [-0.39, 0.29) is 16.9 Å². The van der Waals surface area contributed by atoms with E-state index >= 15 is 0 Å². The second-order valence-electron chi connectivity index (χ2n) is 8.16. The molecule has 4 rings (SSSR count). The number of Topliss-reactive ketones (excluding diaryl/α,β-unsaturated/α-hetero) is 1. The molecular weight excluding hydrogens is 392 g/mol. The van der Waals surface area contributed by atoms with E-state index in [1.54, 1.807) is 41.8 Å². The largest absolute Gasteiger partial charge is 0.451 e. The number of hydrogen-bond donors (Lipinski definition) is 0. The molecule has 0 radical (unpaired) electrons. The fourth-order valence-electron chi connectivity index (χ4n) is 3.96. The molecule has 0 bridgehead atoms. The summed E-state index contributed by atoms with van der Waals surface area (Å²) in [5.74, 6) is -0.0963. The number of hydrogen-bond acceptors (Lipinski definition) is 5. The zero-order valence-corrected chi connectivity index (χ0v) is 17.9. The molecule has 6 heteroatoms. The number of carbonyl (C=O) groups excluding carboxylic acids is 2. The van der Waals surface area contributed by atoms with Gasteiger partial charge >= 0.3 is 5.97 Å². The summed E-state index contributed by atoms with van der Waals surface area (Å²) >= 11 is 0. The fourth-order valence-corrected chi connectivity index (χ4v) is 3.96. The van der Waals surface area contributed by atoms with Crippen LogP contribution in [0.2, 0.25) is 0 Å². The Bertz CT molecular complexity index is 1190. The number of fused-ring (bicyclic) bond motifs is 2. The molecule has 2 heterocycles. The second-order valence-corrected chi connectivity index (χ2v) is 8.16. The van der Waals surface area contributed by atoms with Crippen LogP contribution in [0.3, 0.4) is 0 Å². The first-order chi connectivity index (χ1) is 14.9. The number of ether oxygens (including phenoxy) is 1. The molecule has 0 saturated carbocycles. The first kappa shape index (κ1) is 21.0. The molecule has 3 aromatic rings. The van der Waals surface area contributed by atoms with Crippen LogP contribution < -0.4 is 5.56 Å². The van der Waals surface area contributed by atoms with Crippen LogP contribution in [0.25, 0.3) is 10.9 Å². The van der Waals surface area contributed by atoms with E-state index in [2.05, 4.69) is 4.98 Å². The van der Waals surface area contributed by atoms with Crippen molar-refractivity contribution in [3.63, 3.8) is 0 Å². The van der Waals surface area contributed by atoms with Gasteiger partial charge in [0, 0.05) is 18.5 Å². The van der Waals surface area contributed by atoms with Crippen LogP contribution in [0.15, 0.2) is 47.3 Å². The number of rotatable bonds is 4. The Labute approximate surface area is 180 Å². The Hall–Kier alpha value is -3.28. The van der Waals surface area contributed by atoms with E-state index in [1.807, 2.05) is 19.1 Å². The standard InChI is InChI=1S/C25H26N2O4/c1-16-8-10-18(11-9-16)23(28)17(2)31-25(30)19-12-13-20-21(15-19)26-22-7-5-3-4-6-14-27(22)24(20)29/h8-13,15,17H,3-7,14H2,1-2H3/t17-/m0/s1. The molecule has 160 valence electrons. The fraction of sp³-hybridized carbons (Fsp3) is 0.360. The Balaban J connectivity index is 1.58. The highest BCUT2D eigenvalue weighted by Gasteiger charge is 2.21. The van der Waals surface area contributed by atoms with Crippen molar-refractivity contribution < 1.29 is 14.3 Å². The zero-order chi connectivity index (χ0) is 22.0. The van der Waals surface area contributed by atoms with Gasteiger partial charge in [-0.3, -0.25) is 14.2 Å². The predicted molar refractivity (Wildman–Crippen MR) is 119 cm³/mol. The Morgan fingerprint density at radius 1 is 1.00 bits per heavy atom. The molecule has 6 nitrogen and oxygen atoms in total. The maximum absolute atomic E-state index is 12.9. The topological polar surface area (TPSA) is 78.3 Å². The number of carbonyl (C=O) groups is 2. The molecule has 0 spiro atoms. The number of nitrogens with zero attached hydrogens (tertiary/aromatic N) is 2. The van der Waals surface area contributed by atoms with Crippen molar-refractivity contribution in [1.29, 1.82) is 0 Å². The summed E-state index contributed by atoms with van der Waals surface area (Å²) in [6.07, 6.45) is 4.05. The van der Waals surface area contributed by atoms with E-state index in [4.69, 9.17) is 4.74 Å². The minimum atomic E-state index is -0.916. The van der Waals surface area contributed by atoms with E-state index in [0.29, 0.717) is 23.0 Å². The highest BCUT2D eigenvalue weighted by atomic mass is 16.5. The van der Waals surface area contributed by atoms with E-state index in [1.165, 1.54) is 0 Å². The number of aromatic nitrogens is 2. The summed E-state index contributed by atoms with van der Waals surface area (Å²) in [6.45, 7) is 4.19. The minimum absolute atomic E-state index is 0.0651. The number of esters is 1. The minimum Gasteiger partial charge on any atom is -0.451 e. The van der Waals surface area contributed by atoms with Gasteiger partial charge in [0.25, 0.3) is 5.56 Å². The molecular formula is C25H26N2O4. The summed E-state index contributed by atoms with van der Waals surface area (Å²) in [5, 5.41) is 0.490. The first-order valence-electron chi connectivity index (χ1n) is 10.8. The highest BCUT2D eigenvalue weighted by Crippen LogP contribution is 2.18. The third kappa shape index (κ3) is 4.43. The van der Waals surface area contributed by atoms with Gasteiger partial charge in [0.05, 0.1) is 16.5 Å². The van der Waals surface area contributed by atoms with Gasteiger partial charge in [0.2, 0.25) is 5.78 Å². The van der Waals surface area contributed by atoms with Crippen molar-refractivity contribution in [2.24, 2.45) is 0 Å². The average molecular weight is 418 g/mol. The maximum atomic E-state index is 12.9. The lowest BCUT2D eigenvalue weighted by Gasteiger charge is -2.16. The lowest BCUT2D eigenvalue weighted by molar-refractivity contribution is 0.0319. The van der Waals surface area contributed by atoms with Crippen LogP contribution in [0, 0.1) is 6.92 Å². The first-order valence-corrected chi connectivity index (χ1v) is 10.8. The van der Waals surface area contributed by atoms with Crippen LogP contribution in [0.1, 0.15) is 64.7 Å². The van der Waals surface area contributed by atoms with Crippen LogP contribution >= 0.6 is 0 Å². The Morgan fingerprint density at radius 3 is 2.48 bits per heavy atom. The summed E-state index contributed by atoms with van der Waals surface area (Å²) in [6, 6.07) is 11.9. The maximum Gasteiger partial charge on any atom is 0.338 e. The van der Waals surface area contributed by atoms with Crippen molar-refractivity contribution in [2.75, 3.05) is 0 Å². The van der Waals surface area contributed by atoms with Crippen LogP contribution in [-0.4, -0.2) is 27.4 Å². The third-order valence-electron chi connectivity index (χ3n) is 5.79. The number of aryl methyl sites for hydroxylation is 2.